The van der Waals surface area contributed by atoms with E-state index in [2.05, 4.69) is 28.2 Å². The molecule has 0 saturated heterocycles. The second kappa shape index (κ2) is 3.90. The molecule has 3 rings (SSSR count). The Hall–Kier alpha value is -2.36. The highest BCUT2D eigenvalue weighted by molar-refractivity contribution is 5.81. The van der Waals surface area contributed by atoms with Crippen molar-refractivity contribution in [3.63, 3.8) is 0 Å². The lowest BCUT2D eigenvalue weighted by Crippen LogP contribution is -2.04. The van der Waals surface area contributed by atoms with E-state index in [1.807, 2.05) is 29.1 Å². The molecule has 0 aliphatic carbocycles. The van der Waals surface area contributed by atoms with E-state index in [-0.39, 0.29) is 0 Å². The topological polar surface area (TPSA) is 56.7 Å². The first kappa shape index (κ1) is 9.84. The van der Waals surface area contributed by atoms with Gasteiger partial charge in [-0.2, -0.15) is 0 Å². The molecule has 0 saturated carbocycles. The lowest BCUT2D eigenvalue weighted by Gasteiger charge is -2.07. The van der Waals surface area contributed by atoms with Crippen LogP contribution < -0.4 is 5.73 Å². The number of pyridine rings is 1. The maximum Gasteiger partial charge on any atom is 0.200 e. The van der Waals surface area contributed by atoms with E-state index in [1.54, 1.807) is 6.20 Å². The second-order valence-corrected chi connectivity index (χ2v) is 3.91. The summed E-state index contributed by atoms with van der Waals surface area (Å²) in [7, 11) is 0. The summed E-state index contributed by atoms with van der Waals surface area (Å²) in [4.78, 5) is 8.43. The molecule has 0 amide bonds. The third kappa shape index (κ3) is 1.73. The van der Waals surface area contributed by atoms with E-state index in [4.69, 9.17) is 5.73 Å². The molecule has 2 aromatic heterocycles. The lowest BCUT2D eigenvalue weighted by atomic mass is 10.1. The number of hydrogen-bond donors (Lipinski definition) is 1. The summed E-state index contributed by atoms with van der Waals surface area (Å²) in [6, 6.07) is 10.2. The summed E-state index contributed by atoms with van der Waals surface area (Å²) in [6.45, 7) is 0.695. The highest BCUT2D eigenvalue weighted by atomic mass is 15.1. The number of para-hydroxylation sites is 1. The summed E-state index contributed by atoms with van der Waals surface area (Å²) in [5.74, 6) is 0.526. The van der Waals surface area contributed by atoms with Crippen molar-refractivity contribution in [1.29, 1.82) is 0 Å². The van der Waals surface area contributed by atoms with Crippen molar-refractivity contribution in [2.45, 2.75) is 6.54 Å². The third-order valence-electron chi connectivity index (χ3n) is 2.80. The summed E-state index contributed by atoms with van der Waals surface area (Å²) >= 11 is 0. The molecular formula is C13H12N4. The zero-order valence-electron chi connectivity index (χ0n) is 9.24. The largest absolute Gasteiger partial charge is 0.369 e. The molecule has 0 aliphatic heterocycles. The van der Waals surface area contributed by atoms with Gasteiger partial charge in [0.05, 0.1) is 12.1 Å². The van der Waals surface area contributed by atoms with Crippen LogP contribution in [0.4, 0.5) is 5.95 Å². The number of hydrogen-bond acceptors (Lipinski definition) is 3. The lowest BCUT2D eigenvalue weighted by molar-refractivity contribution is 0.814. The fourth-order valence-electron chi connectivity index (χ4n) is 1.95. The van der Waals surface area contributed by atoms with Gasteiger partial charge in [-0.3, -0.25) is 4.98 Å². The van der Waals surface area contributed by atoms with Crippen LogP contribution in [0.15, 0.2) is 48.9 Å². The Morgan fingerprint density at radius 2 is 1.94 bits per heavy atom. The Kier molecular flexibility index (Phi) is 2.26. The predicted octanol–water partition coefficient (Wildman–Crippen LogP) is 2.06. The number of nitrogens with zero attached hydrogens (tertiary/aromatic N) is 3. The van der Waals surface area contributed by atoms with Gasteiger partial charge in [0.1, 0.15) is 0 Å². The van der Waals surface area contributed by atoms with E-state index in [0.717, 1.165) is 16.5 Å². The quantitative estimate of drug-likeness (QED) is 0.724. The van der Waals surface area contributed by atoms with E-state index >= 15 is 0 Å². The summed E-state index contributed by atoms with van der Waals surface area (Å²) in [5.41, 5.74) is 7.93. The van der Waals surface area contributed by atoms with Gasteiger partial charge in [0.2, 0.25) is 0 Å². The second-order valence-electron chi connectivity index (χ2n) is 3.91. The molecule has 17 heavy (non-hydrogen) atoms. The number of anilines is 1. The first-order valence-corrected chi connectivity index (χ1v) is 5.44. The smallest absolute Gasteiger partial charge is 0.200 e. The van der Waals surface area contributed by atoms with Crippen LogP contribution >= 0.6 is 0 Å². The molecule has 0 radical (unpaired) electrons. The standard InChI is InChI=1S/C13H12N4/c14-13-16-7-8-17(13)9-11-4-1-3-10-5-2-6-15-12(10)11/h1-8H,9H2,(H2,14,16). The van der Waals surface area contributed by atoms with Crippen molar-refractivity contribution < 1.29 is 0 Å². The molecule has 4 heteroatoms. The molecule has 3 aromatic rings. The van der Waals surface area contributed by atoms with E-state index in [1.165, 1.54) is 0 Å². The van der Waals surface area contributed by atoms with E-state index < -0.39 is 0 Å². The first-order chi connectivity index (χ1) is 8.34. The number of fused-ring (bicyclic) bond motifs is 1. The molecule has 0 atom stereocenters. The van der Waals surface area contributed by atoms with Gasteiger partial charge >= 0.3 is 0 Å². The van der Waals surface area contributed by atoms with Crippen molar-refractivity contribution in [3.8, 4) is 0 Å². The van der Waals surface area contributed by atoms with E-state index in [9.17, 15) is 0 Å². The minimum absolute atomic E-state index is 0.526. The SMILES string of the molecule is Nc1nccn1Cc1cccc2cccnc12. The van der Waals surface area contributed by atoms with Crippen LogP contribution in [-0.2, 0) is 6.54 Å². The molecule has 0 aliphatic rings. The van der Waals surface area contributed by atoms with Crippen LogP contribution in [0.3, 0.4) is 0 Å². The van der Waals surface area contributed by atoms with Gasteiger partial charge in [0, 0.05) is 24.0 Å². The molecule has 84 valence electrons. The van der Waals surface area contributed by atoms with Crippen molar-refractivity contribution in [3.05, 3.63) is 54.5 Å². The number of benzene rings is 1. The number of nitrogens with two attached hydrogens (primary N) is 1. The Bertz CT molecular complexity index is 652. The summed E-state index contributed by atoms with van der Waals surface area (Å²) < 4.78 is 1.91. The number of rotatable bonds is 2. The van der Waals surface area contributed by atoms with Gasteiger partial charge in [-0.15, -0.1) is 0 Å². The monoisotopic (exact) mass is 224 g/mol. The van der Waals surface area contributed by atoms with Crippen molar-refractivity contribution in [2.24, 2.45) is 0 Å². The summed E-state index contributed by atoms with van der Waals surface area (Å²) in [5, 5.41) is 1.14. The zero-order valence-corrected chi connectivity index (χ0v) is 9.24. The minimum atomic E-state index is 0.526. The maximum absolute atomic E-state index is 5.76. The third-order valence-corrected chi connectivity index (χ3v) is 2.80. The molecule has 2 heterocycles. The highest BCUT2D eigenvalue weighted by Crippen LogP contribution is 2.17. The first-order valence-electron chi connectivity index (χ1n) is 5.44. The van der Waals surface area contributed by atoms with Gasteiger partial charge in [0.15, 0.2) is 5.95 Å². The normalized spacial score (nSPS) is 10.8. The van der Waals surface area contributed by atoms with Gasteiger partial charge in [-0.25, -0.2) is 4.98 Å². The molecule has 0 unspecified atom stereocenters. The van der Waals surface area contributed by atoms with Crippen LogP contribution in [0.1, 0.15) is 5.56 Å². The van der Waals surface area contributed by atoms with Crippen molar-refractivity contribution >= 4 is 16.9 Å². The molecule has 0 spiro atoms. The molecule has 0 fully saturated rings. The molecular weight excluding hydrogens is 212 g/mol. The number of imidazole rings is 1. The van der Waals surface area contributed by atoms with E-state index in [0.29, 0.717) is 12.5 Å². The van der Waals surface area contributed by atoms with Crippen molar-refractivity contribution in [2.75, 3.05) is 5.73 Å². The van der Waals surface area contributed by atoms with Gasteiger partial charge < -0.3 is 10.3 Å². The molecule has 0 bridgehead atoms. The average molecular weight is 224 g/mol. The number of nitrogen functional groups attached to an aromatic ring is 1. The van der Waals surface area contributed by atoms with Gasteiger partial charge in [-0.05, 0) is 11.6 Å². The summed E-state index contributed by atoms with van der Waals surface area (Å²) in [6.07, 6.45) is 5.38. The predicted molar refractivity (Wildman–Crippen MR) is 67.5 cm³/mol. The molecule has 1 aromatic carbocycles. The molecule has 2 N–H and O–H groups in total. The fourth-order valence-corrected chi connectivity index (χ4v) is 1.95. The average Bonchev–Trinajstić information content (AvgIpc) is 2.76. The van der Waals surface area contributed by atoms with Crippen molar-refractivity contribution in [1.82, 2.24) is 14.5 Å². The maximum atomic E-state index is 5.76. The minimum Gasteiger partial charge on any atom is -0.369 e. The van der Waals surface area contributed by atoms with Crippen LogP contribution in [-0.4, -0.2) is 14.5 Å². The zero-order chi connectivity index (χ0) is 11.7. The van der Waals surface area contributed by atoms with Crippen LogP contribution in [0.25, 0.3) is 10.9 Å². The Balaban J connectivity index is 2.09. The Labute approximate surface area is 98.7 Å². The fraction of sp³-hybridized carbons (Fsp3) is 0.0769. The highest BCUT2D eigenvalue weighted by Gasteiger charge is 2.04. The Morgan fingerprint density at radius 1 is 1.06 bits per heavy atom. The molecule has 4 nitrogen and oxygen atoms in total. The van der Waals surface area contributed by atoms with Gasteiger partial charge in [-0.1, -0.05) is 24.3 Å². The Morgan fingerprint density at radius 3 is 2.76 bits per heavy atom. The van der Waals surface area contributed by atoms with Crippen LogP contribution in [0.5, 0.6) is 0 Å². The van der Waals surface area contributed by atoms with Gasteiger partial charge in [0.25, 0.3) is 0 Å². The van der Waals surface area contributed by atoms with Crippen LogP contribution in [0.2, 0.25) is 0 Å². The number of aromatic nitrogens is 3. The van der Waals surface area contributed by atoms with Crippen LogP contribution in [0, 0.1) is 0 Å².